The lowest BCUT2D eigenvalue weighted by atomic mass is 10.0. The van der Waals surface area contributed by atoms with Gasteiger partial charge in [0.05, 0.1) is 0 Å². The summed E-state index contributed by atoms with van der Waals surface area (Å²) in [5, 5.41) is 0. The maximum atomic E-state index is 5.62. The molecular weight excluding hydrogens is 98.1 g/mol. The van der Waals surface area contributed by atoms with Crippen molar-refractivity contribution in [1.29, 1.82) is 0 Å². The highest BCUT2D eigenvalue weighted by atomic mass is 14.6. The molecule has 1 rings (SSSR count). The minimum Gasteiger partial charge on any atom is -0.328 e. The molecule has 1 aliphatic rings. The molecule has 1 fully saturated rings. The van der Waals surface area contributed by atoms with Crippen molar-refractivity contribution in [3.05, 3.63) is 0 Å². The van der Waals surface area contributed by atoms with Crippen LogP contribution in [0.15, 0.2) is 0 Å². The monoisotopic (exact) mass is 113 g/mol. The minimum absolute atomic E-state index is 0.405. The number of nitrogens with two attached hydrogens (primary N) is 1. The predicted molar refractivity (Wildman–Crippen MR) is 35.6 cm³/mol. The van der Waals surface area contributed by atoms with Gasteiger partial charge in [-0.3, -0.25) is 0 Å². The van der Waals surface area contributed by atoms with Crippen molar-refractivity contribution < 1.29 is 0 Å². The Kier molecular flexibility index (Phi) is 1.31. The zero-order valence-corrected chi connectivity index (χ0v) is 5.78. The van der Waals surface area contributed by atoms with Crippen LogP contribution in [0.3, 0.4) is 0 Å². The van der Waals surface area contributed by atoms with Crippen LogP contribution in [-0.4, -0.2) is 6.04 Å². The topological polar surface area (TPSA) is 26.0 Å². The zero-order valence-electron chi connectivity index (χ0n) is 5.78. The zero-order chi connectivity index (χ0) is 6.20. The van der Waals surface area contributed by atoms with Crippen molar-refractivity contribution in [2.24, 2.45) is 11.1 Å². The van der Waals surface area contributed by atoms with Crippen LogP contribution in [-0.2, 0) is 0 Å². The van der Waals surface area contributed by atoms with E-state index in [0.29, 0.717) is 11.5 Å². The van der Waals surface area contributed by atoms with Crippen molar-refractivity contribution in [1.82, 2.24) is 0 Å². The molecule has 0 aliphatic heterocycles. The maximum absolute atomic E-state index is 5.62. The average Bonchev–Trinajstić information content (AvgIpc) is 2.17. The smallest absolute Gasteiger partial charge is 0.00156 e. The van der Waals surface area contributed by atoms with Gasteiger partial charge in [-0.2, -0.15) is 0 Å². The fraction of sp³-hybridized carbons (Fsp3) is 1.00. The largest absolute Gasteiger partial charge is 0.328 e. The Morgan fingerprint density at radius 2 is 2.12 bits per heavy atom. The summed E-state index contributed by atoms with van der Waals surface area (Å²) in [4.78, 5) is 0. The fourth-order valence-electron chi connectivity index (χ4n) is 1.19. The molecule has 0 radical (unpaired) electrons. The molecular formula is C7H15N. The van der Waals surface area contributed by atoms with E-state index >= 15 is 0 Å². The van der Waals surface area contributed by atoms with Gasteiger partial charge in [0.2, 0.25) is 0 Å². The average molecular weight is 113 g/mol. The summed E-state index contributed by atoms with van der Waals surface area (Å²) in [6, 6.07) is 0.405. The Labute approximate surface area is 51.3 Å². The van der Waals surface area contributed by atoms with E-state index in [2.05, 4.69) is 13.8 Å². The summed E-state index contributed by atoms with van der Waals surface area (Å²) >= 11 is 0. The molecule has 0 saturated heterocycles. The van der Waals surface area contributed by atoms with E-state index in [1.165, 1.54) is 19.3 Å². The molecule has 1 heteroatoms. The fourth-order valence-corrected chi connectivity index (χ4v) is 1.19. The molecule has 0 spiro atoms. The first-order chi connectivity index (χ1) is 3.62. The first-order valence-corrected chi connectivity index (χ1v) is 3.38. The molecule has 1 atom stereocenters. The predicted octanol–water partition coefficient (Wildman–Crippen LogP) is 1.52. The van der Waals surface area contributed by atoms with Crippen LogP contribution in [0.1, 0.15) is 33.1 Å². The molecule has 48 valence electrons. The second-order valence-electron chi connectivity index (χ2n) is 3.49. The van der Waals surface area contributed by atoms with E-state index in [0.717, 1.165) is 0 Å². The molecule has 0 bridgehead atoms. The van der Waals surface area contributed by atoms with Crippen LogP contribution in [0.25, 0.3) is 0 Å². The summed E-state index contributed by atoms with van der Waals surface area (Å²) < 4.78 is 0. The molecule has 0 heterocycles. The Hall–Kier alpha value is -0.0400. The Balaban J connectivity index is 2.19. The van der Waals surface area contributed by atoms with Crippen LogP contribution in [0.2, 0.25) is 0 Å². The lowest BCUT2D eigenvalue weighted by Crippen LogP contribution is -2.18. The summed E-state index contributed by atoms with van der Waals surface area (Å²) in [6.45, 7) is 4.40. The third-order valence-electron chi connectivity index (χ3n) is 1.92. The van der Waals surface area contributed by atoms with Gasteiger partial charge in [-0.1, -0.05) is 6.92 Å². The van der Waals surface area contributed by atoms with Crippen LogP contribution < -0.4 is 5.73 Å². The van der Waals surface area contributed by atoms with E-state index in [1.54, 1.807) is 0 Å². The first-order valence-electron chi connectivity index (χ1n) is 3.38. The molecule has 0 aromatic heterocycles. The molecule has 1 unspecified atom stereocenters. The van der Waals surface area contributed by atoms with Crippen LogP contribution in [0.4, 0.5) is 0 Å². The Morgan fingerprint density at radius 3 is 2.25 bits per heavy atom. The summed E-state index contributed by atoms with van der Waals surface area (Å²) in [5.74, 6) is 0. The highest BCUT2D eigenvalue weighted by Gasteiger charge is 2.37. The van der Waals surface area contributed by atoms with Crippen LogP contribution >= 0.6 is 0 Å². The van der Waals surface area contributed by atoms with Gasteiger partial charge in [-0.05, 0) is 31.6 Å². The Bertz CT molecular complexity index is 82.4. The lowest BCUT2D eigenvalue weighted by Gasteiger charge is -2.09. The van der Waals surface area contributed by atoms with Gasteiger partial charge in [0, 0.05) is 6.04 Å². The third-order valence-corrected chi connectivity index (χ3v) is 1.92. The molecule has 1 saturated carbocycles. The van der Waals surface area contributed by atoms with Gasteiger partial charge in [0.1, 0.15) is 0 Å². The van der Waals surface area contributed by atoms with E-state index in [1.807, 2.05) is 0 Å². The van der Waals surface area contributed by atoms with Crippen molar-refractivity contribution in [2.45, 2.75) is 39.2 Å². The van der Waals surface area contributed by atoms with Crippen molar-refractivity contribution in [3.8, 4) is 0 Å². The molecule has 0 aromatic carbocycles. The second kappa shape index (κ2) is 1.73. The summed E-state index contributed by atoms with van der Waals surface area (Å²) in [6.07, 6.45) is 4.01. The highest BCUT2D eigenvalue weighted by molar-refractivity contribution is 4.90. The third kappa shape index (κ3) is 1.48. The van der Waals surface area contributed by atoms with Gasteiger partial charge >= 0.3 is 0 Å². The van der Waals surface area contributed by atoms with Gasteiger partial charge in [0.25, 0.3) is 0 Å². The standard InChI is InChI=1S/C7H15N/c1-6(8)5-7(2)3-4-7/h6H,3-5,8H2,1-2H3. The number of hydrogen-bond donors (Lipinski definition) is 1. The first kappa shape index (κ1) is 6.09. The van der Waals surface area contributed by atoms with E-state index in [4.69, 9.17) is 5.73 Å². The molecule has 1 aliphatic carbocycles. The van der Waals surface area contributed by atoms with Crippen LogP contribution in [0.5, 0.6) is 0 Å². The quantitative estimate of drug-likeness (QED) is 0.577. The number of hydrogen-bond acceptors (Lipinski definition) is 1. The van der Waals surface area contributed by atoms with E-state index in [9.17, 15) is 0 Å². The van der Waals surface area contributed by atoms with Crippen molar-refractivity contribution in [3.63, 3.8) is 0 Å². The highest BCUT2D eigenvalue weighted by Crippen LogP contribution is 2.48. The normalized spacial score (nSPS) is 27.4. The van der Waals surface area contributed by atoms with Gasteiger partial charge in [-0.25, -0.2) is 0 Å². The van der Waals surface area contributed by atoms with Gasteiger partial charge in [-0.15, -0.1) is 0 Å². The van der Waals surface area contributed by atoms with Crippen molar-refractivity contribution >= 4 is 0 Å². The summed E-state index contributed by atoms with van der Waals surface area (Å²) in [5.41, 5.74) is 6.27. The summed E-state index contributed by atoms with van der Waals surface area (Å²) in [7, 11) is 0. The molecule has 8 heavy (non-hydrogen) atoms. The van der Waals surface area contributed by atoms with E-state index in [-0.39, 0.29) is 0 Å². The molecule has 0 amide bonds. The maximum Gasteiger partial charge on any atom is 0.00156 e. The minimum atomic E-state index is 0.405. The molecule has 2 N–H and O–H groups in total. The van der Waals surface area contributed by atoms with Crippen LogP contribution in [0, 0.1) is 5.41 Å². The number of rotatable bonds is 2. The van der Waals surface area contributed by atoms with Gasteiger partial charge in [0.15, 0.2) is 0 Å². The second-order valence-corrected chi connectivity index (χ2v) is 3.49. The SMILES string of the molecule is CC(N)CC1(C)CC1. The molecule has 1 nitrogen and oxygen atoms in total. The Morgan fingerprint density at radius 1 is 1.62 bits per heavy atom. The van der Waals surface area contributed by atoms with Gasteiger partial charge < -0.3 is 5.73 Å². The molecule has 0 aromatic rings. The van der Waals surface area contributed by atoms with E-state index < -0.39 is 0 Å². The lowest BCUT2D eigenvalue weighted by molar-refractivity contribution is 0.466. The van der Waals surface area contributed by atoms with Crippen molar-refractivity contribution in [2.75, 3.05) is 0 Å².